The molecule has 0 saturated carbocycles. The summed E-state index contributed by atoms with van der Waals surface area (Å²) in [5.74, 6) is -0.0121. The Labute approximate surface area is 99.5 Å². The van der Waals surface area contributed by atoms with E-state index in [-0.39, 0.29) is 30.7 Å². The molecule has 94 valence electrons. The van der Waals surface area contributed by atoms with E-state index in [2.05, 4.69) is 0 Å². The van der Waals surface area contributed by atoms with E-state index in [1.165, 1.54) is 4.90 Å². The number of carbonyl (C=O) groups is 3. The summed E-state index contributed by atoms with van der Waals surface area (Å²) < 4.78 is 4.99. The Morgan fingerprint density at radius 3 is 2.53 bits per heavy atom. The number of morpholine rings is 1. The minimum absolute atomic E-state index is 0.0613. The van der Waals surface area contributed by atoms with E-state index in [1.807, 2.05) is 0 Å². The highest BCUT2D eigenvalue weighted by atomic mass is 16.5. The van der Waals surface area contributed by atoms with Crippen molar-refractivity contribution in [1.82, 2.24) is 9.80 Å². The van der Waals surface area contributed by atoms with Gasteiger partial charge < -0.3 is 14.5 Å². The zero-order chi connectivity index (χ0) is 12.3. The second-order valence-electron chi connectivity index (χ2n) is 4.29. The van der Waals surface area contributed by atoms with Gasteiger partial charge in [-0.15, -0.1) is 0 Å². The van der Waals surface area contributed by atoms with Crippen LogP contribution in [0.25, 0.3) is 0 Å². The molecule has 0 aromatic rings. The Bertz CT molecular complexity index is 332. The minimum Gasteiger partial charge on any atom is -0.370 e. The molecule has 0 spiro atoms. The molecule has 2 rings (SSSR count). The Balaban J connectivity index is 1.83. The first-order chi connectivity index (χ1) is 8.16. The maximum absolute atomic E-state index is 11.9. The molecule has 17 heavy (non-hydrogen) atoms. The predicted octanol–water partition coefficient (Wildman–Crippen LogP) is -0.963. The third-order valence-electron chi connectivity index (χ3n) is 3.08. The van der Waals surface area contributed by atoms with Gasteiger partial charge >= 0.3 is 0 Å². The van der Waals surface area contributed by atoms with E-state index in [1.54, 1.807) is 4.90 Å². The lowest BCUT2D eigenvalue weighted by Gasteiger charge is -2.31. The molecule has 0 aromatic carbocycles. The number of carbonyl (C=O) groups excluding carboxylic acids is 3. The van der Waals surface area contributed by atoms with Crippen molar-refractivity contribution in [3.8, 4) is 0 Å². The monoisotopic (exact) mass is 240 g/mol. The number of hydrogen-bond donors (Lipinski definition) is 0. The van der Waals surface area contributed by atoms with Gasteiger partial charge in [0.25, 0.3) is 0 Å². The first-order valence-electron chi connectivity index (χ1n) is 5.82. The summed E-state index contributed by atoms with van der Waals surface area (Å²) in [5.41, 5.74) is 0. The van der Waals surface area contributed by atoms with E-state index in [0.717, 1.165) is 0 Å². The van der Waals surface area contributed by atoms with Crippen LogP contribution in [0.15, 0.2) is 0 Å². The van der Waals surface area contributed by atoms with Gasteiger partial charge in [0.15, 0.2) is 0 Å². The zero-order valence-electron chi connectivity index (χ0n) is 9.68. The maximum atomic E-state index is 11.9. The highest BCUT2D eigenvalue weighted by molar-refractivity contribution is 5.87. The lowest BCUT2D eigenvalue weighted by atomic mass is 10.1. The van der Waals surface area contributed by atoms with Crippen molar-refractivity contribution in [2.24, 2.45) is 0 Å². The number of piperidine rings is 1. The van der Waals surface area contributed by atoms with Gasteiger partial charge in [-0.1, -0.05) is 0 Å². The van der Waals surface area contributed by atoms with Crippen molar-refractivity contribution in [1.29, 1.82) is 0 Å². The van der Waals surface area contributed by atoms with Crippen molar-refractivity contribution >= 4 is 17.6 Å². The van der Waals surface area contributed by atoms with Crippen LogP contribution in [0.3, 0.4) is 0 Å². The zero-order valence-corrected chi connectivity index (χ0v) is 9.68. The number of amides is 2. The molecule has 2 saturated heterocycles. The van der Waals surface area contributed by atoms with Gasteiger partial charge in [0.05, 0.1) is 13.2 Å². The third kappa shape index (κ3) is 3.03. The molecule has 6 heteroatoms. The Morgan fingerprint density at radius 2 is 1.88 bits per heavy atom. The van der Waals surface area contributed by atoms with Crippen LogP contribution in [0.2, 0.25) is 0 Å². The van der Waals surface area contributed by atoms with Crippen LogP contribution < -0.4 is 0 Å². The first kappa shape index (κ1) is 12.0. The summed E-state index contributed by atoms with van der Waals surface area (Å²) in [6.45, 7) is 2.09. The third-order valence-corrected chi connectivity index (χ3v) is 3.08. The van der Waals surface area contributed by atoms with Crippen molar-refractivity contribution in [2.45, 2.75) is 12.8 Å². The topological polar surface area (TPSA) is 66.9 Å². The van der Waals surface area contributed by atoms with Crippen molar-refractivity contribution in [3.05, 3.63) is 0 Å². The second-order valence-corrected chi connectivity index (χ2v) is 4.29. The van der Waals surface area contributed by atoms with E-state index in [0.29, 0.717) is 39.1 Å². The molecule has 6 nitrogen and oxygen atoms in total. The fraction of sp³-hybridized carbons (Fsp3) is 0.727. The molecule has 0 atom stereocenters. The predicted molar refractivity (Wildman–Crippen MR) is 58.2 cm³/mol. The fourth-order valence-electron chi connectivity index (χ4n) is 1.99. The van der Waals surface area contributed by atoms with Gasteiger partial charge in [-0.05, 0) is 0 Å². The van der Waals surface area contributed by atoms with Gasteiger partial charge in [0, 0.05) is 32.5 Å². The summed E-state index contributed by atoms with van der Waals surface area (Å²) in [7, 11) is 0. The van der Waals surface area contributed by atoms with E-state index in [9.17, 15) is 14.4 Å². The number of ether oxygens (including phenoxy) is 1. The lowest BCUT2D eigenvalue weighted by Crippen LogP contribution is -2.49. The van der Waals surface area contributed by atoms with Crippen molar-refractivity contribution < 1.29 is 19.1 Å². The minimum atomic E-state index is -0.141. The fourth-order valence-corrected chi connectivity index (χ4v) is 1.99. The van der Waals surface area contributed by atoms with Crippen LogP contribution in [0.4, 0.5) is 0 Å². The molecule has 2 fully saturated rings. The molecule has 0 bridgehead atoms. The SMILES string of the molecule is O=C1CCN(C(=O)CN2CCOCC2=O)CC1. The molecule has 0 N–H and O–H groups in total. The summed E-state index contributed by atoms with van der Waals surface area (Å²) in [4.78, 5) is 37.6. The molecule has 0 aromatic heterocycles. The molecule has 0 aliphatic carbocycles. The van der Waals surface area contributed by atoms with Gasteiger partial charge in [0.1, 0.15) is 12.4 Å². The Hall–Kier alpha value is -1.43. The largest absolute Gasteiger partial charge is 0.370 e. The van der Waals surface area contributed by atoms with Gasteiger partial charge in [-0.2, -0.15) is 0 Å². The summed E-state index contributed by atoms with van der Waals surface area (Å²) in [6.07, 6.45) is 0.867. The molecular formula is C11H16N2O4. The van der Waals surface area contributed by atoms with Gasteiger partial charge in [0.2, 0.25) is 11.8 Å². The number of ketones is 1. The normalized spacial score (nSPS) is 21.9. The second kappa shape index (κ2) is 5.27. The average Bonchev–Trinajstić information content (AvgIpc) is 2.33. The van der Waals surface area contributed by atoms with Crippen LogP contribution in [0.5, 0.6) is 0 Å². The quantitative estimate of drug-likeness (QED) is 0.623. The van der Waals surface area contributed by atoms with Crippen LogP contribution in [0, 0.1) is 0 Å². The average molecular weight is 240 g/mol. The first-order valence-corrected chi connectivity index (χ1v) is 5.82. The van der Waals surface area contributed by atoms with E-state index < -0.39 is 0 Å². The van der Waals surface area contributed by atoms with Crippen molar-refractivity contribution in [3.63, 3.8) is 0 Å². The van der Waals surface area contributed by atoms with Crippen molar-refractivity contribution in [2.75, 3.05) is 39.4 Å². The number of likely N-dealkylation sites (tertiary alicyclic amines) is 1. The van der Waals surface area contributed by atoms with Crippen LogP contribution in [-0.4, -0.2) is 66.8 Å². The summed E-state index contributed by atoms with van der Waals surface area (Å²) >= 11 is 0. The molecule has 0 unspecified atom stereocenters. The van der Waals surface area contributed by atoms with Gasteiger partial charge in [-0.25, -0.2) is 0 Å². The van der Waals surface area contributed by atoms with E-state index >= 15 is 0 Å². The molecular weight excluding hydrogens is 224 g/mol. The number of nitrogens with zero attached hydrogens (tertiary/aromatic N) is 2. The van der Waals surface area contributed by atoms with Gasteiger partial charge in [-0.3, -0.25) is 14.4 Å². The highest BCUT2D eigenvalue weighted by Gasteiger charge is 2.25. The Kier molecular flexibility index (Phi) is 3.73. The highest BCUT2D eigenvalue weighted by Crippen LogP contribution is 2.07. The number of Topliss-reactive ketones (excluding diaryl/α,β-unsaturated/α-hetero) is 1. The number of hydrogen-bond acceptors (Lipinski definition) is 4. The van der Waals surface area contributed by atoms with Crippen LogP contribution in [-0.2, 0) is 19.1 Å². The summed E-state index contributed by atoms with van der Waals surface area (Å²) in [6, 6.07) is 0. The molecule has 2 aliphatic rings. The Morgan fingerprint density at radius 1 is 1.18 bits per heavy atom. The number of rotatable bonds is 2. The van der Waals surface area contributed by atoms with Crippen LogP contribution in [0.1, 0.15) is 12.8 Å². The lowest BCUT2D eigenvalue weighted by molar-refractivity contribution is -0.149. The summed E-state index contributed by atoms with van der Waals surface area (Å²) in [5, 5.41) is 0. The standard InChI is InChI=1S/C11H16N2O4/c14-9-1-3-12(4-2-9)10(15)7-13-5-6-17-8-11(13)16/h1-8H2. The smallest absolute Gasteiger partial charge is 0.249 e. The molecule has 2 amide bonds. The molecule has 0 radical (unpaired) electrons. The van der Waals surface area contributed by atoms with E-state index in [4.69, 9.17) is 4.74 Å². The molecule has 2 aliphatic heterocycles. The molecule has 2 heterocycles. The van der Waals surface area contributed by atoms with Crippen LogP contribution >= 0.6 is 0 Å². The maximum Gasteiger partial charge on any atom is 0.249 e.